The summed E-state index contributed by atoms with van der Waals surface area (Å²) in [6.07, 6.45) is 0. The van der Waals surface area contributed by atoms with E-state index >= 15 is 0 Å². The molecule has 1 amide bonds. The molecule has 116 valence electrons. The molecule has 0 fully saturated rings. The fourth-order valence-corrected chi connectivity index (χ4v) is 1.53. The average Bonchev–Trinajstić information content (AvgIpc) is 2.58. The number of hydrogen-bond acceptors (Lipinski definition) is 7. The Morgan fingerprint density at radius 1 is 1.05 bits per heavy atom. The minimum absolute atomic E-state index is 0.0939. The lowest BCUT2D eigenvalue weighted by Gasteiger charge is -2.08. The van der Waals surface area contributed by atoms with Crippen molar-refractivity contribution in [1.29, 1.82) is 0 Å². The summed E-state index contributed by atoms with van der Waals surface area (Å²) in [5, 5.41) is 2.64. The maximum atomic E-state index is 11.7. The third-order valence-corrected chi connectivity index (χ3v) is 2.56. The molecule has 2 rings (SSSR count). The fraction of sp³-hybridized carbons (Fsp3) is 0.286. The van der Waals surface area contributed by atoms with Gasteiger partial charge in [-0.3, -0.25) is 4.79 Å². The molecule has 0 radical (unpaired) electrons. The molecule has 0 saturated heterocycles. The van der Waals surface area contributed by atoms with Crippen molar-refractivity contribution in [1.82, 2.24) is 20.3 Å². The topological polar surface area (TPSA) is 95.5 Å². The van der Waals surface area contributed by atoms with Crippen LogP contribution in [0.3, 0.4) is 0 Å². The van der Waals surface area contributed by atoms with Crippen LogP contribution in [0.5, 0.6) is 17.8 Å². The monoisotopic (exact) mass is 304 g/mol. The molecule has 1 heterocycles. The molecule has 0 aliphatic rings. The van der Waals surface area contributed by atoms with Crippen molar-refractivity contribution in [2.24, 2.45) is 0 Å². The van der Waals surface area contributed by atoms with E-state index in [-0.39, 0.29) is 31.1 Å². The zero-order valence-corrected chi connectivity index (χ0v) is 12.3. The lowest BCUT2D eigenvalue weighted by atomic mass is 10.3. The Morgan fingerprint density at radius 3 is 2.27 bits per heavy atom. The van der Waals surface area contributed by atoms with Crippen LogP contribution in [-0.4, -0.2) is 41.7 Å². The second-order valence-corrected chi connectivity index (χ2v) is 4.10. The van der Waals surface area contributed by atoms with Gasteiger partial charge in [-0.05, 0) is 12.1 Å². The highest BCUT2D eigenvalue weighted by molar-refractivity contribution is 5.77. The van der Waals surface area contributed by atoms with Gasteiger partial charge in [-0.1, -0.05) is 18.2 Å². The minimum atomic E-state index is -0.290. The number of amides is 1. The molecule has 2 aromatic rings. The second-order valence-electron chi connectivity index (χ2n) is 4.10. The molecule has 0 bridgehead atoms. The number of nitrogens with zero attached hydrogens (tertiary/aromatic N) is 3. The quantitative estimate of drug-likeness (QED) is 0.799. The molecule has 0 unspecified atom stereocenters. The zero-order chi connectivity index (χ0) is 15.8. The van der Waals surface area contributed by atoms with Crippen molar-refractivity contribution in [2.45, 2.75) is 6.54 Å². The summed E-state index contributed by atoms with van der Waals surface area (Å²) in [6.45, 7) is 0.0234. The fourth-order valence-electron chi connectivity index (χ4n) is 1.53. The van der Waals surface area contributed by atoms with E-state index in [0.717, 1.165) is 0 Å². The van der Waals surface area contributed by atoms with Gasteiger partial charge in [0.15, 0.2) is 12.4 Å². The first kappa shape index (κ1) is 15.5. The van der Waals surface area contributed by atoms with Gasteiger partial charge in [0.05, 0.1) is 20.8 Å². The standard InChI is InChI=1S/C14H16N4O4/c1-20-13-16-11(17-14(18-13)21-2)8-15-12(19)9-22-10-6-4-3-5-7-10/h3-7H,8-9H2,1-2H3,(H,15,19). The van der Waals surface area contributed by atoms with Crippen LogP contribution in [0.1, 0.15) is 5.82 Å². The summed E-state index contributed by atoms with van der Waals surface area (Å²) >= 11 is 0. The maximum Gasteiger partial charge on any atom is 0.322 e. The Kier molecular flexibility index (Phi) is 5.47. The van der Waals surface area contributed by atoms with Crippen molar-refractivity contribution in [3.63, 3.8) is 0 Å². The lowest BCUT2D eigenvalue weighted by Crippen LogP contribution is -2.29. The second kappa shape index (κ2) is 7.77. The van der Waals surface area contributed by atoms with Crippen molar-refractivity contribution in [2.75, 3.05) is 20.8 Å². The molecule has 0 saturated carbocycles. The van der Waals surface area contributed by atoms with Crippen LogP contribution in [0.2, 0.25) is 0 Å². The predicted molar refractivity (Wildman–Crippen MR) is 76.7 cm³/mol. The van der Waals surface area contributed by atoms with Crippen LogP contribution in [0, 0.1) is 0 Å². The van der Waals surface area contributed by atoms with Crippen LogP contribution >= 0.6 is 0 Å². The summed E-state index contributed by atoms with van der Waals surface area (Å²) in [5.74, 6) is 0.667. The van der Waals surface area contributed by atoms with Gasteiger partial charge >= 0.3 is 12.0 Å². The Bertz CT molecular complexity index is 599. The van der Waals surface area contributed by atoms with Gasteiger partial charge in [0.1, 0.15) is 5.75 Å². The largest absolute Gasteiger partial charge is 0.484 e. The number of carbonyl (C=O) groups is 1. The Hall–Kier alpha value is -2.90. The highest BCUT2D eigenvalue weighted by atomic mass is 16.5. The van der Waals surface area contributed by atoms with Gasteiger partial charge in [-0.25, -0.2) is 0 Å². The molecular formula is C14H16N4O4. The summed E-state index contributed by atoms with van der Waals surface area (Å²) in [5.41, 5.74) is 0. The number of carbonyl (C=O) groups excluding carboxylic acids is 1. The van der Waals surface area contributed by atoms with Gasteiger partial charge in [-0.15, -0.1) is 4.98 Å². The minimum Gasteiger partial charge on any atom is -0.484 e. The number of benzene rings is 1. The van der Waals surface area contributed by atoms with E-state index in [1.54, 1.807) is 12.1 Å². The molecule has 0 aliphatic heterocycles. The molecule has 22 heavy (non-hydrogen) atoms. The Balaban J connectivity index is 1.85. The number of para-hydroxylation sites is 1. The number of methoxy groups -OCH3 is 2. The lowest BCUT2D eigenvalue weighted by molar-refractivity contribution is -0.123. The first-order valence-corrected chi connectivity index (χ1v) is 6.48. The van der Waals surface area contributed by atoms with Gasteiger partial charge < -0.3 is 19.5 Å². The number of ether oxygens (including phenoxy) is 3. The average molecular weight is 304 g/mol. The van der Waals surface area contributed by atoms with Crippen molar-refractivity contribution in [3.05, 3.63) is 36.2 Å². The molecule has 0 spiro atoms. The van der Waals surface area contributed by atoms with Crippen LogP contribution < -0.4 is 19.5 Å². The third-order valence-electron chi connectivity index (χ3n) is 2.56. The zero-order valence-electron chi connectivity index (χ0n) is 12.3. The van der Waals surface area contributed by atoms with E-state index < -0.39 is 0 Å². The number of nitrogens with one attached hydrogen (secondary N) is 1. The predicted octanol–water partition coefficient (Wildman–Crippen LogP) is 0.584. The third kappa shape index (κ3) is 4.58. The van der Waals surface area contributed by atoms with Crippen molar-refractivity contribution < 1.29 is 19.0 Å². The SMILES string of the molecule is COc1nc(CNC(=O)COc2ccccc2)nc(OC)n1. The Labute approximate surface area is 127 Å². The molecular weight excluding hydrogens is 288 g/mol. The number of aromatic nitrogens is 3. The maximum absolute atomic E-state index is 11.7. The molecule has 1 aromatic heterocycles. The van der Waals surface area contributed by atoms with E-state index in [4.69, 9.17) is 14.2 Å². The van der Waals surface area contributed by atoms with E-state index in [0.29, 0.717) is 11.6 Å². The van der Waals surface area contributed by atoms with Gasteiger partial charge in [0.25, 0.3) is 5.91 Å². The summed E-state index contributed by atoms with van der Waals surface area (Å²) < 4.78 is 15.2. The van der Waals surface area contributed by atoms with Crippen LogP contribution in [-0.2, 0) is 11.3 Å². The first-order chi connectivity index (χ1) is 10.7. The molecule has 1 aromatic carbocycles. The highest BCUT2D eigenvalue weighted by Gasteiger charge is 2.09. The van der Waals surface area contributed by atoms with Gasteiger partial charge in [0.2, 0.25) is 0 Å². The highest BCUT2D eigenvalue weighted by Crippen LogP contribution is 2.09. The smallest absolute Gasteiger partial charge is 0.322 e. The van der Waals surface area contributed by atoms with Crippen LogP contribution in [0.15, 0.2) is 30.3 Å². The van der Waals surface area contributed by atoms with Gasteiger partial charge in [0, 0.05) is 0 Å². The van der Waals surface area contributed by atoms with E-state index in [2.05, 4.69) is 20.3 Å². The molecule has 0 atom stereocenters. The summed E-state index contributed by atoms with van der Waals surface area (Å²) in [6, 6.07) is 9.32. The van der Waals surface area contributed by atoms with Gasteiger partial charge in [-0.2, -0.15) is 9.97 Å². The van der Waals surface area contributed by atoms with Crippen molar-refractivity contribution >= 4 is 5.91 Å². The summed E-state index contributed by atoms with van der Waals surface area (Å²) in [4.78, 5) is 23.6. The Morgan fingerprint density at radius 2 is 1.68 bits per heavy atom. The normalized spacial score (nSPS) is 9.91. The molecule has 8 nitrogen and oxygen atoms in total. The van der Waals surface area contributed by atoms with E-state index in [1.807, 2.05) is 18.2 Å². The molecule has 8 heteroatoms. The van der Waals surface area contributed by atoms with Crippen LogP contribution in [0.25, 0.3) is 0 Å². The van der Waals surface area contributed by atoms with E-state index in [1.165, 1.54) is 14.2 Å². The number of rotatable bonds is 7. The number of hydrogen-bond donors (Lipinski definition) is 1. The first-order valence-electron chi connectivity index (χ1n) is 6.48. The molecule has 1 N–H and O–H groups in total. The molecule has 0 aliphatic carbocycles. The van der Waals surface area contributed by atoms with Crippen LogP contribution in [0.4, 0.5) is 0 Å². The van der Waals surface area contributed by atoms with Crippen molar-refractivity contribution in [3.8, 4) is 17.8 Å². The van der Waals surface area contributed by atoms with E-state index in [9.17, 15) is 4.79 Å². The summed E-state index contributed by atoms with van der Waals surface area (Å²) in [7, 11) is 2.87.